The molecule has 0 aliphatic carbocycles. The molecule has 0 saturated heterocycles. The SMILES string of the molecule is COC(=O)C1=C(C)NC(C)=C(c2ccccn2)C1c1ccc(C)cc1. The highest BCUT2D eigenvalue weighted by Crippen LogP contribution is 2.42. The van der Waals surface area contributed by atoms with E-state index in [0.717, 1.165) is 28.2 Å². The molecule has 0 spiro atoms. The highest BCUT2D eigenvalue weighted by molar-refractivity contribution is 5.97. The summed E-state index contributed by atoms with van der Waals surface area (Å²) in [7, 11) is 1.42. The number of carbonyl (C=O) groups is 1. The molecule has 1 aromatic carbocycles. The quantitative estimate of drug-likeness (QED) is 0.864. The van der Waals surface area contributed by atoms with Crippen LogP contribution in [0.2, 0.25) is 0 Å². The molecule has 0 bridgehead atoms. The van der Waals surface area contributed by atoms with E-state index >= 15 is 0 Å². The molecule has 3 rings (SSSR count). The van der Waals surface area contributed by atoms with E-state index in [4.69, 9.17) is 4.74 Å². The smallest absolute Gasteiger partial charge is 0.336 e. The van der Waals surface area contributed by atoms with Crippen molar-refractivity contribution in [3.8, 4) is 0 Å². The van der Waals surface area contributed by atoms with Gasteiger partial charge in [-0.1, -0.05) is 35.9 Å². The molecule has 1 N–H and O–H groups in total. The Morgan fingerprint density at radius 3 is 2.36 bits per heavy atom. The van der Waals surface area contributed by atoms with Crippen molar-refractivity contribution < 1.29 is 9.53 Å². The molecular formula is C21H22N2O2. The Kier molecular flexibility index (Phi) is 4.70. The van der Waals surface area contributed by atoms with Crippen LogP contribution < -0.4 is 5.32 Å². The van der Waals surface area contributed by atoms with Crippen LogP contribution in [-0.4, -0.2) is 18.1 Å². The van der Waals surface area contributed by atoms with Gasteiger partial charge in [-0.05, 0) is 38.5 Å². The zero-order chi connectivity index (χ0) is 18.0. The lowest BCUT2D eigenvalue weighted by Crippen LogP contribution is -2.28. The fraction of sp³-hybridized carbons (Fsp3) is 0.238. The van der Waals surface area contributed by atoms with Gasteiger partial charge in [0.2, 0.25) is 0 Å². The number of hydrogen-bond acceptors (Lipinski definition) is 4. The first-order valence-corrected chi connectivity index (χ1v) is 8.27. The Morgan fingerprint density at radius 2 is 1.76 bits per heavy atom. The van der Waals surface area contributed by atoms with Crippen LogP contribution in [0.5, 0.6) is 0 Å². The fourth-order valence-corrected chi connectivity index (χ4v) is 3.33. The van der Waals surface area contributed by atoms with Gasteiger partial charge in [-0.2, -0.15) is 0 Å². The number of methoxy groups -OCH3 is 1. The topological polar surface area (TPSA) is 51.2 Å². The average molecular weight is 334 g/mol. The monoisotopic (exact) mass is 334 g/mol. The molecule has 2 aromatic rings. The van der Waals surface area contributed by atoms with Gasteiger partial charge in [0.15, 0.2) is 0 Å². The van der Waals surface area contributed by atoms with Crippen molar-refractivity contribution in [1.82, 2.24) is 10.3 Å². The zero-order valence-corrected chi connectivity index (χ0v) is 15.0. The van der Waals surface area contributed by atoms with Crippen LogP contribution in [0.25, 0.3) is 5.57 Å². The van der Waals surface area contributed by atoms with Crippen LogP contribution in [0.1, 0.15) is 36.6 Å². The number of hydrogen-bond donors (Lipinski definition) is 1. The van der Waals surface area contributed by atoms with Gasteiger partial charge >= 0.3 is 5.97 Å². The number of nitrogens with one attached hydrogen (secondary N) is 1. The summed E-state index contributed by atoms with van der Waals surface area (Å²) < 4.78 is 5.08. The van der Waals surface area contributed by atoms with E-state index in [9.17, 15) is 4.79 Å². The van der Waals surface area contributed by atoms with Crippen LogP contribution in [-0.2, 0) is 9.53 Å². The number of allylic oxidation sites excluding steroid dienone is 3. The number of esters is 1. The molecule has 4 heteroatoms. The molecule has 1 aliphatic heterocycles. The Bertz CT molecular complexity index is 849. The van der Waals surface area contributed by atoms with Gasteiger partial charge in [0.1, 0.15) is 0 Å². The number of carbonyl (C=O) groups excluding carboxylic acids is 1. The van der Waals surface area contributed by atoms with E-state index < -0.39 is 0 Å². The maximum Gasteiger partial charge on any atom is 0.336 e. The summed E-state index contributed by atoms with van der Waals surface area (Å²) in [5.41, 5.74) is 6.51. The van der Waals surface area contributed by atoms with Gasteiger partial charge < -0.3 is 10.1 Å². The Hall–Kier alpha value is -2.88. The minimum Gasteiger partial charge on any atom is -0.466 e. The summed E-state index contributed by atoms with van der Waals surface area (Å²) in [4.78, 5) is 17.1. The van der Waals surface area contributed by atoms with Crippen LogP contribution in [0.15, 0.2) is 65.6 Å². The molecule has 0 fully saturated rings. The minimum absolute atomic E-state index is 0.218. The Morgan fingerprint density at radius 1 is 1.04 bits per heavy atom. The van der Waals surface area contributed by atoms with Crippen LogP contribution in [0, 0.1) is 6.92 Å². The first kappa shape index (κ1) is 17.0. The largest absolute Gasteiger partial charge is 0.466 e. The van der Waals surface area contributed by atoms with E-state index in [1.807, 2.05) is 32.0 Å². The van der Waals surface area contributed by atoms with Crippen LogP contribution in [0.3, 0.4) is 0 Å². The molecule has 128 valence electrons. The summed E-state index contributed by atoms with van der Waals surface area (Å²) in [6, 6.07) is 14.1. The summed E-state index contributed by atoms with van der Waals surface area (Å²) in [5, 5.41) is 3.32. The van der Waals surface area contributed by atoms with Gasteiger partial charge in [-0.25, -0.2) is 4.79 Å². The summed E-state index contributed by atoms with van der Waals surface area (Å²) in [6.07, 6.45) is 1.77. The number of benzene rings is 1. The minimum atomic E-state index is -0.323. The molecule has 0 radical (unpaired) electrons. The van der Waals surface area contributed by atoms with Crippen molar-refractivity contribution in [3.05, 3.63) is 82.4 Å². The van der Waals surface area contributed by atoms with Crippen molar-refractivity contribution in [1.29, 1.82) is 0 Å². The lowest BCUT2D eigenvalue weighted by Gasteiger charge is -2.31. The average Bonchev–Trinajstić information content (AvgIpc) is 2.62. The summed E-state index contributed by atoms with van der Waals surface area (Å²) in [6.45, 7) is 5.98. The molecule has 0 saturated carbocycles. The normalized spacial score (nSPS) is 17.4. The molecule has 1 unspecified atom stereocenters. The number of dihydropyridines is 1. The van der Waals surface area contributed by atoms with Crippen molar-refractivity contribution in [3.63, 3.8) is 0 Å². The van der Waals surface area contributed by atoms with Crippen LogP contribution >= 0.6 is 0 Å². The Balaban J connectivity index is 2.23. The number of nitrogens with zero attached hydrogens (tertiary/aromatic N) is 1. The summed E-state index contributed by atoms with van der Waals surface area (Å²) in [5.74, 6) is -0.541. The van der Waals surface area contributed by atoms with Gasteiger partial charge in [-0.15, -0.1) is 0 Å². The summed E-state index contributed by atoms with van der Waals surface area (Å²) >= 11 is 0. The number of aromatic nitrogens is 1. The molecule has 25 heavy (non-hydrogen) atoms. The van der Waals surface area contributed by atoms with Crippen LogP contribution in [0.4, 0.5) is 0 Å². The van der Waals surface area contributed by atoms with Crippen molar-refractivity contribution in [2.75, 3.05) is 7.11 Å². The zero-order valence-electron chi connectivity index (χ0n) is 15.0. The van der Waals surface area contributed by atoms with Gasteiger partial charge in [-0.3, -0.25) is 4.98 Å². The molecule has 1 aliphatic rings. The van der Waals surface area contributed by atoms with Crippen molar-refractivity contribution in [2.45, 2.75) is 26.7 Å². The highest BCUT2D eigenvalue weighted by Gasteiger charge is 2.34. The van der Waals surface area contributed by atoms with Gasteiger partial charge in [0.25, 0.3) is 0 Å². The van der Waals surface area contributed by atoms with Gasteiger partial charge in [0, 0.05) is 29.1 Å². The molecule has 1 atom stereocenters. The second-order valence-corrected chi connectivity index (χ2v) is 6.25. The molecular weight excluding hydrogens is 312 g/mol. The lowest BCUT2D eigenvalue weighted by atomic mass is 9.79. The number of rotatable bonds is 3. The highest BCUT2D eigenvalue weighted by atomic mass is 16.5. The Labute approximate surface area is 148 Å². The maximum absolute atomic E-state index is 12.5. The molecule has 0 amide bonds. The number of aryl methyl sites for hydroxylation is 1. The van der Waals surface area contributed by atoms with E-state index in [2.05, 4.69) is 41.5 Å². The second kappa shape index (κ2) is 6.93. The third-order valence-corrected chi connectivity index (χ3v) is 4.52. The second-order valence-electron chi connectivity index (χ2n) is 6.25. The standard InChI is InChI=1S/C21H22N2O2/c1-13-8-10-16(11-9-13)20-18(17-7-5-6-12-22-17)14(2)23-15(3)19(20)21(24)25-4/h5-12,20,23H,1-4H3. The van der Waals surface area contributed by atoms with E-state index in [1.165, 1.54) is 12.7 Å². The maximum atomic E-state index is 12.5. The van der Waals surface area contributed by atoms with E-state index in [-0.39, 0.29) is 11.9 Å². The molecule has 1 aromatic heterocycles. The predicted octanol–water partition coefficient (Wildman–Crippen LogP) is 3.96. The molecule has 2 heterocycles. The fourth-order valence-electron chi connectivity index (χ4n) is 3.33. The van der Waals surface area contributed by atoms with Gasteiger partial charge in [0.05, 0.1) is 18.4 Å². The number of ether oxygens (including phenoxy) is 1. The first-order valence-electron chi connectivity index (χ1n) is 8.27. The third-order valence-electron chi connectivity index (χ3n) is 4.52. The first-order chi connectivity index (χ1) is 12.0. The van der Waals surface area contributed by atoms with Crippen molar-refractivity contribution >= 4 is 11.5 Å². The number of pyridine rings is 1. The predicted molar refractivity (Wildman–Crippen MR) is 98.6 cm³/mol. The third kappa shape index (κ3) is 3.20. The van der Waals surface area contributed by atoms with E-state index in [0.29, 0.717) is 5.57 Å². The lowest BCUT2D eigenvalue weighted by molar-refractivity contribution is -0.136. The van der Waals surface area contributed by atoms with E-state index in [1.54, 1.807) is 6.20 Å². The van der Waals surface area contributed by atoms with Crippen molar-refractivity contribution in [2.24, 2.45) is 0 Å². The molecule has 4 nitrogen and oxygen atoms in total.